The van der Waals surface area contributed by atoms with Crippen LogP contribution in [0.25, 0.3) is 0 Å². The number of hydrogen-bond acceptors (Lipinski definition) is 3. The van der Waals surface area contributed by atoms with Crippen molar-refractivity contribution in [2.75, 3.05) is 13.2 Å². The number of carboxylic acid groups (broad SMARTS) is 1. The average molecular weight is 243 g/mol. The fourth-order valence-corrected chi connectivity index (χ4v) is 2.00. The molecule has 1 aliphatic carbocycles. The molecule has 1 atom stereocenters. The van der Waals surface area contributed by atoms with E-state index in [1.54, 1.807) is 0 Å². The lowest BCUT2D eigenvalue weighted by molar-refractivity contribution is -0.151. The van der Waals surface area contributed by atoms with E-state index in [0.29, 0.717) is 25.4 Å². The monoisotopic (exact) mass is 243 g/mol. The molecule has 4 nitrogen and oxygen atoms in total. The lowest BCUT2D eigenvalue weighted by atomic mass is 9.79. The van der Waals surface area contributed by atoms with Crippen molar-refractivity contribution < 1.29 is 14.6 Å². The van der Waals surface area contributed by atoms with Crippen molar-refractivity contribution in [1.29, 1.82) is 0 Å². The van der Waals surface area contributed by atoms with Crippen LogP contribution in [0.4, 0.5) is 0 Å². The lowest BCUT2D eigenvalue weighted by Crippen LogP contribution is -2.40. The van der Waals surface area contributed by atoms with E-state index in [1.165, 1.54) is 0 Å². The van der Waals surface area contributed by atoms with Gasteiger partial charge in [0, 0.05) is 13.2 Å². The summed E-state index contributed by atoms with van der Waals surface area (Å²) in [6, 6.07) is 0. The van der Waals surface area contributed by atoms with Gasteiger partial charge in [0.1, 0.15) is 0 Å². The van der Waals surface area contributed by atoms with Gasteiger partial charge in [-0.15, -0.1) is 0 Å². The summed E-state index contributed by atoms with van der Waals surface area (Å²) in [5.74, 6) is -0.214. The first kappa shape index (κ1) is 14.5. The summed E-state index contributed by atoms with van der Waals surface area (Å²) >= 11 is 0. The molecule has 4 heteroatoms. The molecule has 0 heterocycles. The van der Waals surface area contributed by atoms with Gasteiger partial charge in [-0.05, 0) is 39.5 Å². The third-order valence-electron chi connectivity index (χ3n) is 3.34. The van der Waals surface area contributed by atoms with E-state index in [9.17, 15) is 9.90 Å². The molecule has 0 aromatic heterocycles. The Morgan fingerprint density at radius 1 is 1.41 bits per heavy atom. The zero-order valence-electron chi connectivity index (χ0n) is 11.2. The smallest absolute Gasteiger partial charge is 0.311 e. The minimum Gasteiger partial charge on any atom is -0.481 e. The van der Waals surface area contributed by atoms with Gasteiger partial charge in [-0.2, -0.15) is 0 Å². The van der Waals surface area contributed by atoms with Crippen LogP contribution < -0.4 is 5.73 Å². The van der Waals surface area contributed by atoms with Gasteiger partial charge in [-0.25, -0.2) is 0 Å². The van der Waals surface area contributed by atoms with E-state index in [-0.39, 0.29) is 12.1 Å². The third kappa shape index (κ3) is 4.64. The van der Waals surface area contributed by atoms with E-state index in [2.05, 4.69) is 0 Å². The van der Waals surface area contributed by atoms with Gasteiger partial charge in [-0.1, -0.05) is 12.8 Å². The standard InChI is InChI=1S/C13H25NO3/c1-12(2,3)17-7-6-13(9-14,11(15)16)8-10-4-5-10/h10H,4-9,14H2,1-3H3,(H,15,16). The second kappa shape index (κ2) is 5.36. The van der Waals surface area contributed by atoms with Crippen LogP contribution in [0.1, 0.15) is 46.5 Å². The average Bonchev–Trinajstić information content (AvgIpc) is 2.97. The molecule has 1 unspecified atom stereocenters. The Labute approximate surface area is 104 Å². The number of rotatable bonds is 7. The molecule has 100 valence electrons. The summed E-state index contributed by atoms with van der Waals surface area (Å²) in [7, 11) is 0. The zero-order chi connectivity index (χ0) is 13.1. The highest BCUT2D eigenvalue weighted by molar-refractivity contribution is 5.75. The molecule has 0 spiro atoms. The molecule has 3 N–H and O–H groups in total. The highest BCUT2D eigenvalue weighted by Gasteiger charge is 2.42. The lowest BCUT2D eigenvalue weighted by Gasteiger charge is -2.29. The Morgan fingerprint density at radius 3 is 2.35 bits per heavy atom. The van der Waals surface area contributed by atoms with Crippen LogP contribution in [0.2, 0.25) is 0 Å². The molecule has 0 aromatic carbocycles. The van der Waals surface area contributed by atoms with Crippen LogP contribution >= 0.6 is 0 Å². The fourth-order valence-electron chi connectivity index (χ4n) is 2.00. The molecule has 1 saturated carbocycles. The molecule has 1 aliphatic rings. The van der Waals surface area contributed by atoms with Crippen LogP contribution in [0.15, 0.2) is 0 Å². The Bertz CT molecular complexity index is 268. The first-order valence-corrected chi connectivity index (χ1v) is 6.36. The quantitative estimate of drug-likeness (QED) is 0.717. The highest BCUT2D eigenvalue weighted by Crippen LogP contribution is 2.42. The van der Waals surface area contributed by atoms with Crippen molar-refractivity contribution in [3.8, 4) is 0 Å². The van der Waals surface area contributed by atoms with E-state index >= 15 is 0 Å². The van der Waals surface area contributed by atoms with E-state index < -0.39 is 11.4 Å². The maximum atomic E-state index is 11.4. The molecule has 0 amide bonds. The topological polar surface area (TPSA) is 72.5 Å². The first-order valence-electron chi connectivity index (χ1n) is 6.36. The maximum Gasteiger partial charge on any atom is 0.311 e. The molecule has 0 radical (unpaired) electrons. The summed E-state index contributed by atoms with van der Waals surface area (Å²) in [4.78, 5) is 11.4. The molecule has 1 rings (SSSR count). The van der Waals surface area contributed by atoms with Crippen LogP contribution in [0.5, 0.6) is 0 Å². The van der Waals surface area contributed by atoms with Gasteiger partial charge in [0.05, 0.1) is 11.0 Å². The summed E-state index contributed by atoms with van der Waals surface area (Å²) in [5.41, 5.74) is 4.69. The number of carboxylic acids is 1. The molecular formula is C13H25NO3. The van der Waals surface area contributed by atoms with Crippen molar-refractivity contribution in [3.63, 3.8) is 0 Å². The van der Waals surface area contributed by atoms with E-state index in [4.69, 9.17) is 10.5 Å². The van der Waals surface area contributed by atoms with Crippen molar-refractivity contribution in [3.05, 3.63) is 0 Å². The number of carbonyl (C=O) groups is 1. The molecular weight excluding hydrogens is 218 g/mol. The Morgan fingerprint density at radius 2 is 2.00 bits per heavy atom. The van der Waals surface area contributed by atoms with Gasteiger partial charge in [0.2, 0.25) is 0 Å². The van der Waals surface area contributed by atoms with Gasteiger partial charge >= 0.3 is 5.97 Å². The van der Waals surface area contributed by atoms with Gasteiger partial charge in [-0.3, -0.25) is 4.79 Å². The summed E-state index contributed by atoms with van der Waals surface area (Å²) < 4.78 is 5.62. The second-order valence-corrected chi connectivity index (χ2v) is 6.15. The van der Waals surface area contributed by atoms with Gasteiger partial charge < -0.3 is 15.6 Å². The SMILES string of the molecule is CC(C)(C)OCCC(CN)(CC1CC1)C(=O)O. The molecule has 17 heavy (non-hydrogen) atoms. The van der Waals surface area contributed by atoms with Crippen LogP contribution in [-0.4, -0.2) is 29.8 Å². The van der Waals surface area contributed by atoms with E-state index in [0.717, 1.165) is 12.8 Å². The summed E-state index contributed by atoms with van der Waals surface area (Å²) in [5, 5.41) is 9.39. The zero-order valence-corrected chi connectivity index (χ0v) is 11.2. The summed E-state index contributed by atoms with van der Waals surface area (Å²) in [6.45, 7) is 6.57. The van der Waals surface area contributed by atoms with E-state index in [1.807, 2.05) is 20.8 Å². The highest BCUT2D eigenvalue weighted by atomic mass is 16.5. The normalized spacial score (nSPS) is 20.0. The summed E-state index contributed by atoms with van der Waals surface area (Å²) in [6.07, 6.45) is 3.50. The Balaban J connectivity index is 2.52. The third-order valence-corrected chi connectivity index (χ3v) is 3.34. The molecule has 0 bridgehead atoms. The molecule has 0 aromatic rings. The Hall–Kier alpha value is -0.610. The first-order chi connectivity index (χ1) is 7.79. The maximum absolute atomic E-state index is 11.4. The van der Waals surface area contributed by atoms with Crippen LogP contribution in [0.3, 0.4) is 0 Å². The fraction of sp³-hybridized carbons (Fsp3) is 0.923. The van der Waals surface area contributed by atoms with Crippen molar-refractivity contribution in [2.24, 2.45) is 17.1 Å². The van der Waals surface area contributed by atoms with Gasteiger partial charge in [0.25, 0.3) is 0 Å². The Kier molecular flexibility index (Phi) is 4.55. The largest absolute Gasteiger partial charge is 0.481 e. The van der Waals surface area contributed by atoms with Crippen molar-refractivity contribution >= 4 is 5.97 Å². The predicted octanol–water partition coefficient (Wildman–Crippen LogP) is 2.02. The predicted molar refractivity (Wildman–Crippen MR) is 66.8 cm³/mol. The van der Waals surface area contributed by atoms with Crippen molar-refractivity contribution in [1.82, 2.24) is 0 Å². The molecule has 0 aliphatic heterocycles. The second-order valence-electron chi connectivity index (χ2n) is 6.15. The molecule has 0 saturated heterocycles. The van der Waals surface area contributed by atoms with Gasteiger partial charge in [0.15, 0.2) is 0 Å². The minimum atomic E-state index is -0.785. The number of hydrogen-bond donors (Lipinski definition) is 2. The molecule has 1 fully saturated rings. The van der Waals surface area contributed by atoms with Crippen LogP contribution in [0, 0.1) is 11.3 Å². The number of nitrogens with two attached hydrogens (primary N) is 1. The minimum absolute atomic E-state index is 0.201. The van der Waals surface area contributed by atoms with Crippen molar-refractivity contribution in [2.45, 2.75) is 52.1 Å². The van der Waals surface area contributed by atoms with Crippen LogP contribution in [-0.2, 0) is 9.53 Å². The number of aliphatic carboxylic acids is 1. The number of ether oxygens (including phenoxy) is 1.